The molecule has 0 bridgehead atoms. The lowest BCUT2D eigenvalue weighted by atomic mass is 10.1. The molecule has 0 atom stereocenters. The van der Waals surface area contributed by atoms with Gasteiger partial charge >= 0.3 is 0 Å². The van der Waals surface area contributed by atoms with E-state index in [2.05, 4.69) is 15.4 Å². The molecule has 33 heavy (non-hydrogen) atoms. The molecular formula is C26H36FN5O. The minimum atomic E-state index is 0. The summed E-state index contributed by atoms with van der Waals surface area (Å²) in [6.07, 6.45) is 14.1. The normalized spacial score (nSPS) is 12.3. The van der Waals surface area contributed by atoms with Gasteiger partial charge in [0, 0.05) is 43.9 Å². The van der Waals surface area contributed by atoms with Gasteiger partial charge in [-0.25, -0.2) is 4.68 Å². The second-order valence-electron chi connectivity index (χ2n) is 8.34. The maximum atomic E-state index is 11.8. The number of aliphatic imine (C=N–C) groups is 1. The molecule has 0 unspecified atom stereocenters. The molecule has 6 nitrogen and oxygen atoms in total. The molecule has 7 heteroatoms. The molecule has 0 saturated carbocycles. The fourth-order valence-electron chi connectivity index (χ4n) is 3.80. The first-order chi connectivity index (χ1) is 15.7. The Labute approximate surface area is 195 Å². The van der Waals surface area contributed by atoms with Gasteiger partial charge in [-0.1, -0.05) is 62.4 Å². The number of carbonyl (C=O) groups excluding carboxylic acids is 1. The Morgan fingerprint density at radius 1 is 0.970 bits per heavy atom. The van der Waals surface area contributed by atoms with Crippen molar-refractivity contribution in [2.45, 2.75) is 70.8 Å². The van der Waals surface area contributed by atoms with Crippen LogP contribution in [0.3, 0.4) is 0 Å². The van der Waals surface area contributed by atoms with Crippen LogP contribution in [0.2, 0.25) is 0 Å². The van der Waals surface area contributed by atoms with Crippen molar-refractivity contribution in [1.82, 2.24) is 15.1 Å². The van der Waals surface area contributed by atoms with Crippen molar-refractivity contribution in [3.8, 4) is 11.3 Å². The van der Waals surface area contributed by atoms with E-state index in [0.29, 0.717) is 11.9 Å². The summed E-state index contributed by atoms with van der Waals surface area (Å²) in [5, 5.41) is 15.8. The van der Waals surface area contributed by atoms with Crippen LogP contribution in [0, 0.1) is 5.41 Å². The van der Waals surface area contributed by atoms with Crippen molar-refractivity contribution in [3.63, 3.8) is 0 Å². The number of hydrogen-bond acceptors (Lipinski definition) is 4. The van der Waals surface area contributed by atoms with Crippen molar-refractivity contribution in [2.24, 2.45) is 4.99 Å². The van der Waals surface area contributed by atoms with E-state index in [0.717, 1.165) is 62.9 Å². The molecule has 2 aromatic rings. The van der Waals surface area contributed by atoms with Crippen LogP contribution in [0.4, 0.5) is 4.70 Å². The van der Waals surface area contributed by atoms with E-state index in [-0.39, 0.29) is 10.6 Å². The van der Waals surface area contributed by atoms with Crippen molar-refractivity contribution < 1.29 is 9.50 Å². The summed E-state index contributed by atoms with van der Waals surface area (Å²) in [4.78, 5) is 15.9. The molecule has 0 radical (unpaired) electrons. The highest BCUT2D eigenvalue weighted by molar-refractivity contribution is 5.76. The number of aromatic nitrogens is 2. The summed E-state index contributed by atoms with van der Waals surface area (Å²) in [6.45, 7) is 1.56. The molecule has 1 aromatic heterocycles. The van der Waals surface area contributed by atoms with Crippen molar-refractivity contribution >= 4 is 12.1 Å². The van der Waals surface area contributed by atoms with Gasteiger partial charge in [-0.3, -0.25) is 19.9 Å². The van der Waals surface area contributed by atoms with Gasteiger partial charge in [0.05, 0.1) is 5.69 Å². The van der Waals surface area contributed by atoms with Crippen molar-refractivity contribution in [2.75, 3.05) is 6.54 Å². The van der Waals surface area contributed by atoms with Crippen LogP contribution in [0.25, 0.3) is 11.3 Å². The fourth-order valence-corrected chi connectivity index (χ4v) is 3.80. The van der Waals surface area contributed by atoms with E-state index in [1.165, 1.54) is 24.8 Å². The summed E-state index contributed by atoms with van der Waals surface area (Å²) in [5.41, 5.74) is 3.70. The molecular weight excluding hydrogens is 417 g/mol. The van der Waals surface area contributed by atoms with Crippen LogP contribution in [0.1, 0.15) is 64.2 Å². The van der Waals surface area contributed by atoms with Crippen LogP contribution in [0.15, 0.2) is 59.2 Å². The Morgan fingerprint density at radius 2 is 1.70 bits per heavy atom. The van der Waals surface area contributed by atoms with Gasteiger partial charge in [0.1, 0.15) is 5.49 Å². The van der Waals surface area contributed by atoms with Crippen molar-refractivity contribution in [3.05, 3.63) is 59.7 Å². The number of halogens is 1. The number of amides is 1. The molecule has 0 spiro atoms. The molecule has 2 N–H and O–H groups in total. The monoisotopic (exact) mass is 453 g/mol. The quantitative estimate of drug-likeness (QED) is 0.387. The lowest BCUT2D eigenvalue weighted by Crippen LogP contribution is -2.24. The molecule has 1 aliphatic rings. The first kappa shape index (κ1) is 26.2. The number of rotatable bonds is 14. The van der Waals surface area contributed by atoms with Crippen LogP contribution in [-0.4, -0.2) is 28.4 Å². The van der Waals surface area contributed by atoms with E-state index < -0.39 is 0 Å². The van der Waals surface area contributed by atoms with Gasteiger partial charge in [0.2, 0.25) is 5.91 Å². The Morgan fingerprint density at radius 3 is 2.42 bits per heavy atom. The third kappa shape index (κ3) is 9.51. The molecule has 2 heterocycles. The number of allylic oxidation sites excluding steroid dienone is 1. The maximum Gasteiger partial charge on any atom is 0.220 e. The molecule has 0 aliphatic carbocycles. The molecule has 0 saturated heterocycles. The third-order valence-corrected chi connectivity index (χ3v) is 5.73. The zero-order valence-corrected chi connectivity index (χ0v) is 19.3. The van der Waals surface area contributed by atoms with E-state index in [4.69, 9.17) is 5.41 Å². The van der Waals surface area contributed by atoms with Gasteiger partial charge in [-0.15, -0.1) is 0 Å². The summed E-state index contributed by atoms with van der Waals surface area (Å²) in [5.74, 6) is 0.147. The number of hydrogen-bond donors (Lipinski definition) is 2. The van der Waals surface area contributed by atoms with Gasteiger partial charge in [0.25, 0.3) is 0 Å². The Balaban J connectivity index is 0.00000385. The SMILES string of the molecule is F.N=c1ccc(-c2ccccc2)nn1CCCCCCCCCNC(=O)CCC1=CN=CC1. The second-order valence-corrected chi connectivity index (χ2v) is 8.34. The molecule has 1 amide bonds. The predicted molar refractivity (Wildman–Crippen MR) is 132 cm³/mol. The zero-order valence-electron chi connectivity index (χ0n) is 19.3. The van der Waals surface area contributed by atoms with Crippen LogP contribution in [-0.2, 0) is 11.3 Å². The summed E-state index contributed by atoms with van der Waals surface area (Å²) in [6, 6.07) is 13.9. The summed E-state index contributed by atoms with van der Waals surface area (Å²) >= 11 is 0. The molecule has 178 valence electrons. The average Bonchev–Trinajstić information content (AvgIpc) is 3.34. The third-order valence-electron chi connectivity index (χ3n) is 5.73. The van der Waals surface area contributed by atoms with Gasteiger partial charge in [-0.2, -0.15) is 5.10 Å². The maximum absolute atomic E-state index is 11.8. The minimum Gasteiger partial charge on any atom is -0.356 e. The lowest BCUT2D eigenvalue weighted by molar-refractivity contribution is -0.121. The second kappa shape index (κ2) is 14.9. The van der Waals surface area contributed by atoms with Gasteiger partial charge in [0.15, 0.2) is 0 Å². The molecule has 0 fully saturated rings. The smallest absolute Gasteiger partial charge is 0.220 e. The first-order valence-corrected chi connectivity index (χ1v) is 11.9. The Kier molecular flexibility index (Phi) is 11.8. The van der Waals surface area contributed by atoms with E-state index >= 15 is 0 Å². The van der Waals surface area contributed by atoms with Crippen LogP contribution in [0.5, 0.6) is 0 Å². The fraction of sp³-hybridized carbons (Fsp3) is 0.462. The predicted octanol–water partition coefficient (Wildman–Crippen LogP) is 5.17. The number of nitrogens with zero attached hydrogens (tertiary/aromatic N) is 3. The number of carbonyl (C=O) groups is 1. The number of nitrogens with one attached hydrogen (secondary N) is 2. The highest BCUT2D eigenvalue weighted by atomic mass is 19.0. The van der Waals surface area contributed by atoms with Crippen molar-refractivity contribution in [1.29, 1.82) is 5.41 Å². The lowest BCUT2D eigenvalue weighted by Gasteiger charge is -2.09. The molecule has 1 aromatic carbocycles. The van der Waals surface area contributed by atoms with Gasteiger partial charge < -0.3 is 5.32 Å². The standard InChI is InChI=1S/C26H35N5O.FH/c27-25-15-14-24(23-11-7-6-8-12-23)30-31(25)20-10-5-3-1-2-4-9-18-29-26(32)16-13-22-17-19-28-21-22;/h6-8,11-12,14-15,19,21,27H,1-5,9-10,13,16-18,20H2,(H,29,32);1H. The highest BCUT2D eigenvalue weighted by Gasteiger charge is 2.05. The molecule has 1 aliphatic heterocycles. The first-order valence-electron chi connectivity index (χ1n) is 11.9. The van der Waals surface area contributed by atoms with Crippen LogP contribution >= 0.6 is 0 Å². The van der Waals surface area contributed by atoms with E-state index in [1.54, 1.807) is 4.68 Å². The van der Waals surface area contributed by atoms with Gasteiger partial charge in [-0.05, 0) is 37.0 Å². The van der Waals surface area contributed by atoms with E-state index in [1.807, 2.05) is 54.9 Å². The summed E-state index contributed by atoms with van der Waals surface area (Å²) < 4.78 is 1.81. The van der Waals surface area contributed by atoms with E-state index in [9.17, 15) is 4.79 Å². The summed E-state index contributed by atoms with van der Waals surface area (Å²) in [7, 11) is 0. The van der Waals surface area contributed by atoms with Crippen LogP contribution < -0.4 is 10.8 Å². The number of unbranched alkanes of at least 4 members (excludes halogenated alkanes) is 6. The topological polar surface area (TPSA) is 83.1 Å². The zero-order chi connectivity index (χ0) is 22.4. The number of aryl methyl sites for hydroxylation is 1. The average molecular weight is 454 g/mol. The Hall–Kier alpha value is -3.09. The molecule has 3 rings (SSSR count). The Bertz CT molecular complexity index is 968. The largest absolute Gasteiger partial charge is 0.356 e. The minimum absolute atomic E-state index is 0. The highest BCUT2D eigenvalue weighted by Crippen LogP contribution is 2.15. The number of benzene rings is 1.